The molecule has 0 fully saturated rings. The maximum absolute atomic E-state index is 8.79. The number of benzene rings is 2. The largest absolute Gasteiger partial charge is 0.497 e. The van der Waals surface area contributed by atoms with Gasteiger partial charge in [0.15, 0.2) is 0 Å². The van der Waals surface area contributed by atoms with Crippen LogP contribution in [0.1, 0.15) is 11.1 Å². The first kappa shape index (κ1) is 19.2. The Morgan fingerprint density at radius 3 is 2.47 bits per heavy atom. The summed E-state index contributed by atoms with van der Waals surface area (Å²) >= 11 is 0. The molecule has 0 saturated heterocycles. The Balaban J connectivity index is 1.49. The maximum Gasteiger partial charge on any atom is 0.223 e. The molecule has 7 nitrogen and oxygen atoms in total. The highest BCUT2D eigenvalue weighted by Gasteiger charge is 2.07. The van der Waals surface area contributed by atoms with Gasteiger partial charge in [0.05, 0.1) is 30.5 Å². The molecule has 0 amide bonds. The van der Waals surface area contributed by atoms with Gasteiger partial charge in [-0.25, -0.2) is 15.0 Å². The Bertz CT molecular complexity index is 1180. The first-order valence-electron chi connectivity index (χ1n) is 9.46. The van der Waals surface area contributed by atoms with Gasteiger partial charge in [0.2, 0.25) is 5.95 Å². The lowest BCUT2D eigenvalue weighted by Gasteiger charge is -2.10. The van der Waals surface area contributed by atoms with Crippen LogP contribution in [0.15, 0.2) is 67.0 Å². The number of fused-ring (bicyclic) bond motifs is 1. The van der Waals surface area contributed by atoms with Gasteiger partial charge >= 0.3 is 0 Å². The molecule has 2 aromatic heterocycles. The van der Waals surface area contributed by atoms with Crippen LogP contribution in [0.5, 0.6) is 5.75 Å². The summed E-state index contributed by atoms with van der Waals surface area (Å²) in [5, 5.41) is 16.2. The van der Waals surface area contributed by atoms with Crippen molar-refractivity contribution in [3.05, 3.63) is 78.1 Å². The fourth-order valence-corrected chi connectivity index (χ4v) is 3.00. The van der Waals surface area contributed by atoms with E-state index in [2.05, 4.69) is 31.7 Å². The van der Waals surface area contributed by atoms with Gasteiger partial charge in [0.25, 0.3) is 0 Å². The molecule has 4 aromatic rings. The summed E-state index contributed by atoms with van der Waals surface area (Å²) in [6, 6.07) is 19.6. The molecule has 2 aromatic carbocycles. The molecular formula is C23H20N6O. The number of rotatable bonds is 7. The van der Waals surface area contributed by atoms with E-state index in [9.17, 15) is 0 Å². The molecule has 4 rings (SSSR count). The van der Waals surface area contributed by atoms with Crippen molar-refractivity contribution in [2.45, 2.75) is 13.0 Å². The molecule has 7 heteroatoms. The van der Waals surface area contributed by atoms with E-state index in [-0.39, 0.29) is 0 Å². The first-order valence-corrected chi connectivity index (χ1v) is 9.46. The minimum Gasteiger partial charge on any atom is -0.497 e. The Kier molecular flexibility index (Phi) is 5.67. The highest BCUT2D eigenvalue weighted by Crippen LogP contribution is 2.24. The third-order valence-corrected chi connectivity index (χ3v) is 4.62. The van der Waals surface area contributed by atoms with Crippen LogP contribution in [0.4, 0.5) is 17.5 Å². The molecule has 0 unspecified atom stereocenters. The predicted molar refractivity (Wildman–Crippen MR) is 117 cm³/mol. The second-order valence-electron chi connectivity index (χ2n) is 6.64. The molecule has 0 bridgehead atoms. The molecule has 2 N–H and O–H groups in total. The Morgan fingerprint density at radius 1 is 0.967 bits per heavy atom. The van der Waals surface area contributed by atoms with Crippen molar-refractivity contribution in [3.63, 3.8) is 0 Å². The quantitative estimate of drug-likeness (QED) is 0.476. The Hall–Kier alpha value is -4.18. The van der Waals surface area contributed by atoms with Crippen LogP contribution < -0.4 is 15.4 Å². The highest BCUT2D eigenvalue weighted by atomic mass is 16.5. The maximum atomic E-state index is 8.79. The number of nitriles is 1. The zero-order valence-corrected chi connectivity index (χ0v) is 16.5. The van der Waals surface area contributed by atoms with Gasteiger partial charge in [-0.05, 0) is 41.5 Å². The second kappa shape index (κ2) is 8.88. The molecule has 0 spiro atoms. The van der Waals surface area contributed by atoms with Crippen molar-refractivity contribution in [3.8, 4) is 11.8 Å². The smallest absolute Gasteiger partial charge is 0.223 e. The molecule has 0 radical (unpaired) electrons. The van der Waals surface area contributed by atoms with E-state index in [1.54, 1.807) is 19.5 Å². The Labute approximate surface area is 174 Å². The van der Waals surface area contributed by atoms with Gasteiger partial charge in [0.1, 0.15) is 11.6 Å². The number of hydrogen-bond donors (Lipinski definition) is 2. The average molecular weight is 396 g/mol. The van der Waals surface area contributed by atoms with Gasteiger partial charge in [-0.1, -0.05) is 24.3 Å². The van der Waals surface area contributed by atoms with Crippen LogP contribution in [0.25, 0.3) is 10.9 Å². The van der Waals surface area contributed by atoms with Gasteiger partial charge < -0.3 is 15.4 Å². The average Bonchev–Trinajstić information content (AvgIpc) is 2.79. The van der Waals surface area contributed by atoms with Gasteiger partial charge in [-0.3, -0.25) is 0 Å². The number of nitrogens with one attached hydrogen (secondary N) is 2. The SMILES string of the molecule is COc1ccc(CNc2ncc3c(Nc4ccc(CC#N)cc4)nccc3n2)cc1. The zero-order chi connectivity index (χ0) is 20.8. The first-order chi connectivity index (χ1) is 14.7. The fourth-order valence-electron chi connectivity index (χ4n) is 3.00. The van der Waals surface area contributed by atoms with Gasteiger partial charge in [-0.2, -0.15) is 5.26 Å². The number of nitrogens with zero attached hydrogens (tertiary/aromatic N) is 4. The van der Waals surface area contributed by atoms with Crippen molar-refractivity contribution in [2.24, 2.45) is 0 Å². The molecular weight excluding hydrogens is 376 g/mol. The van der Waals surface area contributed by atoms with E-state index >= 15 is 0 Å². The van der Waals surface area contributed by atoms with Crippen LogP contribution in [-0.2, 0) is 13.0 Å². The third kappa shape index (κ3) is 4.45. The molecule has 30 heavy (non-hydrogen) atoms. The minimum absolute atomic E-state index is 0.396. The molecule has 0 aliphatic heterocycles. The zero-order valence-electron chi connectivity index (χ0n) is 16.5. The van der Waals surface area contributed by atoms with Crippen molar-refractivity contribution in [1.82, 2.24) is 15.0 Å². The lowest BCUT2D eigenvalue weighted by Crippen LogP contribution is -2.04. The van der Waals surface area contributed by atoms with E-state index in [1.165, 1.54) is 0 Å². The number of methoxy groups -OCH3 is 1. The second-order valence-corrected chi connectivity index (χ2v) is 6.64. The molecule has 0 atom stereocenters. The lowest BCUT2D eigenvalue weighted by molar-refractivity contribution is 0.414. The van der Waals surface area contributed by atoms with Crippen LogP contribution in [0.3, 0.4) is 0 Å². The monoisotopic (exact) mass is 396 g/mol. The summed E-state index contributed by atoms with van der Waals surface area (Å²) in [7, 11) is 1.65. The minimum atomic E-state index is 0.396. The van der Waals surface area contributed by atoms with E-state index in [0.29, 0.717) is 24.7 Å². The van der Waals surface area contributed by atoms with Crippen molar-refractivity contribution >= 4 is 28.4 Å². The van der Waals surface area contributed by atoms with Gasteiger partial charge in [0, 0.05) is 24.6 Å². The Morgan fingerprint density at radius 2 is 1.73 bits per heavy atom. The summed E-state index contributed by atoms with van der Waals surface area (Å²) in [6.07, 6.45) is 3.87. The molecule has 0 aliphatic rings. The summed E-state index contributed by atoms with van der Waals surface area (Å²) in [6.45, 7) is 0.612. The highest BCUT2D eigenvalue weighted by molar-refractivity contribution is 5.90. The topological polar surface area (TPSA) is 95.8 Å². The normalized spacial score (nSPS) is 10.4. The van der Waals surface area contributed by atoms with Gasteiger partial charge in [-0.15, -0.1) is 0 Å². The van der Waals surface area contributed by atoms with Crippen LogP contribution in [0.2, 0.25) is 0 Å². The fraction of sp³-hybridized carbons (Fsp3) is 0.130. The molecule has 0 saturated carbocycles. The summed E-state index contributed by atoms with van der Waals surface area (Å²) < 4.78 is 5.18. The summed E-state index contributed by atoms with van der Waals surface area (Å²) in [4.78, 5) is 13.5. The van der Waals surface area contributed by atoms with E-state index in [1.807, 2.05) is 54.6 Å². The van der Waals surface area contributed by atoms with Crippen molar-refractivity contribution in [2.75, 3.05) is 17.7 Å². The summed E-state index contributed by atoms with van der Waals surface area (Å²) in [5.74, 6) is 2.06. The standard InChI is InChI=1S/C23H20N6O/c1-30-19-8-4-17(5-9-19)14-26-23-27-15-20-21(29-23)11-13-25-22(20)28-18-6-2-16(3-7-18)10-12-24/h2-9,11,13,15H,10,14H2,1H3,(H,25,28)(H,26,27,29). The van der Waals surface area contributed by atoms with E-state index in [4.69, 9.17) is 10.00 Å². The summed E-state index contributed by atoms with van der Waals surface area (Å²) in [5.41, 5.74) is 3.76. The molecule has 148 valence electrons. The molecule has 0 aliphatic carbocycles. The lowest BCUT2D eigenvalue weighted by atomic mass is 10.1. The van der Waals surface area contributed by atoms with Crippen LogP contribution in [0, 0.1) is 11.3 Å². The van der Waals surface area contributed by atoms with Crippen molar-refractivity contribution in [1.29, 1.82) is 5.26 Å². The van der Waals surface area contributed by atoms with E-state index in [0.717, 1.165) is 33.5 Å². The number of pyridine rings is 1. The predicted octanol–water partition coefficient (Wildman–Crippen LogP) is 4.46. The number of hydrogen-bond acceptors (Lipinski definition) is 7. The third-order valence-electron chi connectivity index (χ3n) is 4.62. The van der Waals surface area contributed by atoms with Crippen LogP contribution in [-0.4, -0.2) is 22.1 Å². The molecule has 2 heterocycles. The number of ether oxygens (including phenoxy) is 1. The van der Waals surface area contributed by atoms with Crippen LogP contribution >= 0.6 is 0 Å². The van der Waals surface area contributed by atoms with E-state index < -0.39 is 0 Å². The number of aromatic nitrogens is 3. The van der Waals surface area contributed by atoms with Crippen molar-refractivity contribution < 1.29 is 4.74 Å². The number of anilines is 3.